The van der Waals surface area contributed by atoms with E-state index in [0.717, 1.165) is 11.0 Å². The summed E-state index contributed by atoms with van der Waals surface area (Å²) in [5, 5.41) is 13.9. The highest BCUT2D eigenvalue weighted by Crippen LogP contribution is 2.33. The number of fused-ring (bicyclic) bond motifs is 1. The van der Waals surface area contributed by atoms with Crippen molar-refractivity contribution in [3.63, 3.8) is 0 Å². The second-order valence-electron chi connectivity index (χ2n) is 6.75. The number of carbonyl (C=O) groups is 3. The van der Waals surface area contributed by atoms with Gasteiger partial charge in [0.25, 0.3) is 0 Å². The molecule has 0 spiro atoms. The molecule has 3 N–H and O–H groups in total. The lowest BCUT2D eigenvalue weighted by atomic mass is 10.2. The molecule has 1 aliphatic heterocycles. The van der Waals surface area contributed by atoms with E-state index < -0.39 is 11.9 Å². The van der Waals surface area contributed by atoms with Gasteiger partial charge >= 0.3 is 5.97 Å². The van der Waals surface area contributed by atoms with Gasteiger partial charge in [0.05, 0.1) is 5.25 Å². The fourth-order valence-corrected chi connectivity index (χ4v) is 3.54. The van der Waals surface area contributed by atoms with Gasteiger partial charge in [0.2, 0.25) is 11.8 Å². The van der Waals surface area contributed by atoms with Crippen LogP contribution in [0.4, 0.5) is 11.4 Å². The van der Waals surface area contributed by atoms with E-state index in [0.29, 0.717) is 36.1 Å². The molecule has 3 rings (SSSR count). The van der Waals surface area contributed by atoms with Gasteiger partial charge in [-0.3, -0.25) is 9.59 Å². The Bertz CT molecular complexity index is 1020. The van der Waals surface area contributed by atoms with Crippen LogP contribution in [-0.2, 0) is 14.4 Å². The molecule has 2 aromatic rings. The summed E-state index contributed by atoms with van der Waals surface area (Å²) < 4.78 is 11.0. The zero-order valence-electron chi connectivity index (χ0n) is 17.0. The molecule has 2 amide bonds. The van der Waals surface area contributed by atoms with E-state index in [1.165, 1.54) is 18.7 Å². The Hall–Kier alpha value is -3.46. The number of hydrogen-bond donors (Lipinski definition) is 3. The molecule has 8 nitrogen and oxygen atoms in total. The highest BCUT2D eigenvalue weighted by atomic mass is 32.2. The molecule has 0 fully saturated rings. The molecule has 1 heterocycles. The maximum atomic E-state index is 12.5. The summed E-state index contributed by atoms with van der Waals surface area (Å²) in [4.78, 5) is 36.0. The van der Waals surface area contributed by atoms with Gasteiger partial charge < -0.3 is 25.2 Å². The van der Waals surface area contributed by atoms with Crippen molar-refractivity contribution in [1.82, 2.24) is 0 Å². The van der Waals surface area contributed by atoms with Crippen molar-refractivity contribution in [2.75, 3.05) is 23.8 Å². The number of hydrogen-bond acceptors (Lipinski definition) is 6. The molecule has 9 heteroatoms. The molecule has 0 radical (unpaired) electrons. The number of ether oxygens (including phenoxy) is 2. The van der Waals surface area contributed by atoms with E-state index in [-0.39, 0.29) is 16.7 Å². The van der Waals surface area contributed by atoms with Crippen molar-refractivity contribution >= 4 is 40.9 Å². The third kappa shape index (κ3) is 6.26. The molecule has 0 saturated carbocycles. The van der Waals surface area contributed by atoms with Crippen LogP contribution in [0.5, 0.6) is 11.5 Å². The number of benzene rings is 2. The molecular weight excluding hydrogens is 420 g/mol. The average Bonchev–Trinajstić information content (AvgIpc) is 2.74. The number of carbonyl (C=O) groups excluding carboxylic acids is 2. The normalized spacial score (nSPS) is 13.8. The quantitative estimate of drug-likeness (QED) is 0.444. The highest BCUT2D eigenvalue weighted by molar-refractivity contribution is 8.00. The highest BCUT2D eigenvalue weighted by Gasteiger charge is 2.17. The molecule has 1 aliphatic rings. The van der Waals surface area contributed by atoms with Gasteiger partial charge in [0, 0.05) is 34.0 Å². The van der Waals surface area contributed by atoms with E-state index in [1.54, 1.807) is 49.4 Å². The van der Waals surface area contributed by atoms with Crippen LogP contribution in [-0.4, -0.2) is 41.4 Å². The molecule has 0 unspecified atom stereocenters. The van der Waals surface area contributed by atoms with Crippen LogP contribution in [0.25, 0.3) is 0 Å². The minimum Gasteiger partial charge on any atom is -0.486 e. The lowest BCUT2D eigenvalue weighted by Gasteiger charge is -2.19. The molecule has 1 atom stereocenters. The third-order valence-electron chi connectivity index (χ3n) is 4.30. The lowest BCUT2D eigenvalue weighted by molar-refractivity contribution is -0.132. The minimum atomic E-state index is -1.15. The smallest absolute Gasteiger partial charge is 0.331 e. The molecule has 0 bridgehead atoms. The van der Waals surface area contributed by atoms with Crippen LogP contribution in [0.2, 0.25) is 0 Å². The number of amides is 2. The van der Waals surface area contributed by atoms with Gasteiger partial charge in [-0.2, -0.15) is 0 Å². The number of carboxylic acid groups (broad SMARTS) is 1. The number of anilines is 2. The van der Waals surface area contributed by atoms with Crippen molar-refractivity contribution in [2.45, 2.75) is 24.0 Å². The summed E-state index contributed by atoms with van der Waals surface area (Å²) in [7, 11) is 0. The Morgan fingerprint density at radius 1 is 1.00 bits per heavy atom. The largest absolute Gasteiger partial charge is 0.486 e. The molecule has 31 heavy (non-hydrogen) atoms. The Morgan fingerprint density at radius 3 is 2.32 bits per heavy atom. The first kappa shape index (κ1) is 22.2. The minimum absolute atomic E-state index is 0.0532. The maximum absolute atomic E-state index is 12.5. The van der Waals surface area contributed by atoms with E-state index in [9.17, 15) is 14.4 Å². The first-order valence-electron chi connectivity index (χ1n) is 9.51. The van der Waals surface area contributed by atoms with Gasteiger partial charge in [-0.15, -0.1) is 11.8 Å². The molecular formula is C22H22N2O6S. The van der Waals surface area contributed by atoms with Crippen molar-refractivity contribution in [1.29, 1.82) is 0 Å². The van der Waals surface area contributed by atoms with E-state index in [1.807, 2.05) is 0 Å². The summed E-state index contributed by atoms with van der Waals surface area (Å²) in [5.41, 5.74) is 1.10. The predicted octanol–water partition coefficient (Wildman–Crippen LogP) is 3.55. The van der Waals surface area contributed by atoms with E-state index in [2.05, 4.69) is 10.6 Å². The van der Waals surface area contributed by atoms with Crippen molar-refractivity contribution in [2.24, 2.45) is 0 Å². The monoisotopic (exact) mass is 442 g/mol. The number of aliphatic carboxylic acids is 1. The Morgan fingerprint density at radius 2 is 1.65 bits per heavy atom. The topological polar surface area (TPSA) is 114 Å². The van der Waals surface area contributed by atoms with Crippen LogP contribution >= 0.6 is 11.8 Å². The Balaban J connectivity index is 1.54. The Kier molecular flexibility index (Phi) is 7.19. The number of nitrogens with one attached hydrogen (secondary N) is 2. The first-order valence-corrected chi connectivity index (χ1v) is 10.4. The van der Waals surface area contributed by atoms with Crippen LogP contribution < -0.4 is 20.1 Å². The van der Waals surface area contributed by atoms with E-state index in [4.69, 9.17) is 14.6 Å². The molecule has 0 aromatic heterocycles. The van der Waals surface area contributed by atoms with Gasteiger partial charge in [-0.25, -0.2) is 4.79 Å². The molecule has 2 aromatic carbocycles. The summed E-state index contributed by atoms with van der Waals surface area (Å²) in [5.74, 6) is -0.561. The standard InChI is InChI=1S/C22H22N2O6S/c1-13(22(27)28)11-20(25)23-15-3-6-17(7-4-15)31-14(2)21(26)24-16-5-8-18-19(12-16)30-10-9-29-18/h3-8,11-12,14H,9-10H2,1-2H3,(H,23,25)(H,24,26)(H,27,28)/b13-11+/t14-/m1/s1. The number of thioether (sulfide) groups is 1. The average molecular weight is 442 g/mol. The van der Waals surface area contributed by atoms with Gasteiger partial charge in [0.1, 0.15) is 13.2 Å². The summed E-state index contributed by atoms with van der Waals surface area (Å²) >= 11 is 1.37. The molecule has 0 saturated heterocycles. The fourth-order valence-electron chi connectivity index (χ4n) is 2.68. The third-order valence-corrected chi connectivity index (χ3v) is 5.41. The molecule has 0 aliphatic carbocycles. The van der Waals surface area contributed by atoms with Crippen molar-refractivity contribution in [3.8, 4) is 11.5 Å². The van der Waals surface area contributed by atoms with Crippen molar-refractivity contribution in [3.05, 3.63) is 54.1 Å². The second kappa shape index (κ2) is 10.0. The van der Waals surface area contributed by atoms with Crippen LogP contribution in [0.3, 0.4) is 0 Å². The number of carboxylic acids is 1. The van der Waals surface area contributed by atoms with E-state index >= 15 is 0 Å². The van der Waals surface area contributed by atoms with Gasteiger partial charge in [0.15, 0.2) is 11.5 Å². The van der Waals surface area contributed by atoms with Crippen LogP contribution in [0, 0.1) is 0 Å². The first-order chi connectivity index (χ1) is 14.8. The van der Waals surface area contributed by atoms with Crippen LogP contribution in [0.1, 0.15) is 13.8 Å². The summed E-state index contributed by atoms with van der Waals surface area (Å²) in [6.07, 6.45) is 1.02. The second-order valence-corrected chi connectivity index (χ2v) is 8.17. The zero-order chi connectivity index (χ0) is 22.4. The summed E-state index contributed by atoms with van der Waals surface area (Å²) in [6, 6.07) is 12.2. The zero-order valence-corrected chi connectivity index (χ0v) is 17.8. The lowest BCUT2D eigenvalue weighted by Crippen LogP contribution is -2.22. The van der Waals surface area contributed by atoms with Gasteiger partial charge in [-0.05, 0) is 50.2 Å². The number of rotatable bonds is 7. The Labute approximate surface area is 183 Å². The fraction of sp³-hybridized carbons (Fsp3) is 0.227. The predicted molar refractivity (Wildman–Crippen MR) is 118 cm³/mol. The van der Waals surface area contributed by atoms with Crippen LogP contribution in [0.15, 0.2) is 59.0 Å². The SMILES string of the molecule is C/C(=C\C(=O)Nc1ccc(S[C@H](C)C(=O)Nc2ccc3c(c2)OCCO3)cc1)C(=O)O. The van der Waals surface area contributed by atoms with Crippen molar-refractivity contribution < 1.29 is 29.0 Å². The maximum Gasteiger partial charge on any atom is 0.331 e. The molecule has 162 valence electrons. The van der Waals surface area contributed by atoms with Gasteiger partial charge in [-0.1, -0.05) is 0 Å². The summed E-state index contributed by atoms with van der Waals surface area (Å²) in [6.45, 7) is 4.13.